The highest BCUT2D eigenvalue weighted by atomic mass is 19.1. The van der Waals surface area contributed by atoms with Crippen molar-refractivity contribution in [3.05, 3.63) is 114 Å². The number of ketones is 1. The molecule has 6 aromatic rings. The number of para-hydroxylation sites is 2. The SMILES string of the molecule is CC(=O)c1ccc(NC(=O)Cn2c(-c3cc(-c4ccc(F)cc4)nc4ccc(F)cc34)nc3ccccc32)cc1. The highest BCUT2D eigenvalue weighted by Crippen LogP contribution is 2.34. The molecule has 1 N–H and O–H groups in total. The molecule has 6 nitrogen and oxygen atoms in total. The van der Waals surface area contributed by atoms with Crippen molar-refractivity contribution in [1.29, 1.82) is 0 Å². The lowest BCUT2D eigenvalue weighted by Crippen LogP contribution is -2.19. The van der Waals surface area contributed by atoms with E-state index in [4.69, 9.17) is 9.97 Å². The predicted molar refractivity (Wildman–Crippen MR) is 151 cm³/mol. The second-order valence-electron chi connectivity index (χ2n) is 9.42. The van der Waals surface area contributed by atoms with Gasteiger partial charge in [0.05, 0.1) is 22.2 Å². The van der Waals surface area contributed by atoms with E-state index in [1.807, 2.05) is 24.3 Å². The van der Waals surface area contributed by atoms with E-state index < -0.39 is 5.82 Å². The molecule has 0 unspecified atom stereocenters. The summed E-state index contributed by atoms with van der Waals surface area (Å²) in [7, 11) is 0. The molecule has 0 saturated heterocycles. The number of carbonyl (C=O) groups is 2. The molecule has 0 saturated carbocycles. The monoisotopic (exact) mass is 532 g/mol. The molecule has 0 bridgehead atoms. The molecule has 0 aliphatic carbocycles. The summed E-state index contributed by atoms with van der Waals surface area (Å²) in [5.41, 5.74) is 4.85. The molecule has 0 atom stereocenters. The van der Waals surface area contributed by atoms with Crippen LogP contribution in [-0.2, 0) is 11.3 Å². The molecular formula is C32H22F2N4O2. The molecule has 6 rings (SSSR count). The van der Waals surface area contributed by atoms with Crippen molar-refractivity contribution in [2.24, 2.45) is 0 Å². The number of Topliss-reactive ketones (excluding diaryl/α,β-unsaturated/α-hetero) is 1. The Hall–Kier alpha value is -5.24. The van der Waals surface area contributed by atoms with Gasteiger partial charge in [-0.15, -0.1) is 0 Å². The third-order valence-electron chi connectivity index (χ3n) is 6.68. The zero-order valence-corrected chi connectivity index (χ0v) is 21.4. The van der Waals surface area contributed by atoms with Crippen LogP contribution in [-0.4, -0.2) is 26.2 Å². The van der Waals surface area contributed by atoms with E-state index in [0.29, 0.717) is 50.3 Å². The molecule has 196 valence electrons. The van der Waals surface area contributed by atoms with Gasteiger partial charge in [0.25, 0.3) is 0 Å². The van der Waals surface area contributed by atoms with Gasteiger partial charge in [0, 0.05) is 27.8 Å². The van der Waals surface area contributed by atoms with Gasteiger partial charge in [0.1, 0.15) is 24.0 Å². The number of rotatable bonds is 6. The number of amides is 1. The average molecular weight is 533 g/mol. The number of aromatic nitrogens is 3. The third kappa shape index (κ3) is 4.82. The van der Waals surface area contributed by atoms with Gasteiger partial charge in [0.2, 0.25) is 5.91 Å². The van der Waals surface area contributed by atoms with Gasteiger partial charge in [-0.05, 0) is 91.9 Å². The lowest BCUT2D eigenvalue weighted by atomic mass is 10.0. The number of fused-ring (bicyclic) bond motifs is 2. The smallest absolute Gasteiger partial charge is 0.244 e. The fraction of sp³-hybridized carbons (Fsp3) is 0.0625. The number of carbonyl (C=O) groups excluding carboxylic acids is 2. The Labute approximate surface area is 227 Å². The summed E-state index contributed by atoms with van der Waals surface area (Å²) in [6.07, 6.45) is 0. The Balaban J connectivity index is 1.47. The van der Waals surface area contributed by atoms with Gasteiger partial charge in [-0.1, -0.05) is 12.1 Å². The number of halogens is 2. The molecule has 0 aliphatic heterocycles. The molecule has 8 heteroatoms. The summed E-state index contributed by atoms with van der Waals surface area (Å²) < 4.78 is 29.9. The lowest BCUT2D eigenvalue weighted by Gasteiger charge is -2.13. The number of benzene rings is 4. The third-order valence-corrected chi connectivity index (χ3v) is 6.68. The number of anilines is 1. The molecule has 4 aromatic carbocycles. The fourth-order valence-electron chi connectivity index (χ4n) is 4.73. The van der Waals surface area contributed by atoms with Crippen LogP contribution in [0.1, 0.15) is 17.3 Å². The molecule has 0 aliphatic rings. The highest BCUT2D eigenvalue weighted by Gasteiger charge is 2.19. The van der Waals surface area contributed by atoms with Crippen molar-refractivity contribution >= 4 is 39.3 Å². The van der Waals surface area contributed by atoms with Gasteiger partial charge >= 0.3 is 0 Å². The van der Waals surface area contributed by atoms with Crippen LogP contribution in [0.5, 0.6) is 0 Å². The molecule has 1 amide bonds. The standard InChI is InChI=1S/C32H22F2N4O2/c1-19(39)20-8-13-24(14-9-20)35-31(40)18-38-30-5-3-2-4-28(30)37-32(38)26-17-29(21-6-10-22(33)11-7-21)36-27-15-12-23(34)16-25(26)27/h2-17H,18H2,1H3,(H,35,40). The maximum atomic E-state index is 14.5. The minimum Gasteiger partial charge on any atom is -0.325 e. The normalized spacial score (nSPS) is 11.2. The van der Waals surface area contributed by atoms with Crippen molar-refractivity contribution < 1.29 is 18.4 Å². The van der Waals surface area contributed by atoms with Crippen LogP contribution in [0.3, 0.4) is 0 Å². The minimum atomic E-state index is -0.431. The van der Waals surface area contributed by atoms with E-state index in [-0.39, 0.29) is 24.1 Å². The molecule has 0 fully saturated rings. The minimum absolute atomic E-state index is 0.0616. The van der Waals surface area contributed by atoms with Crippen molar-refractivity contribution in [2.75, 3.05) is 5.32 Å². The molecule has 0 radical (unpaired) electrons. The lowest BCUT2D eigenvalue weighted by molar-refractivity contribution is -0.116. The number of pyridine rings is 1. The first-order valence-corrected chi connectivity index (χ1v) is 12.6. The Morgan fingerprint density at radius 3 is 2.27 bits per heavy atom. The molecule has 2 aromatic heterocycles. The van der Waals surface area contributed by atoms with E-state index in [2.05, 4.69) is 5.32 Å². The first-order valence-electron chi connectivity index (χ1n) is 12.6. The average Bonchev–Trinajstić information content (AvgIpc) is 3.31. The summed E-state index contributed by atoms with van der Waals surface area (Å²) in [6.45, 7) is 1.41. The van der Waals surface area contributed by atoms with Crippen LogP contribution in [0.4, 0.5) is 14.5 Å². The Kier molecular flexibility index (Phi) is 6.36. The van der Waals surface area contributed by atoms with Gasteiger partial charge in [-0.2, -0.15) is 0 Å². The van der Waals surface area contributed by atoms with E-state index >= 15 is 0 Å². The fourth-order valence-corrected chi connectivity index (χ4v) is 4.73. The largest absolute Gasteiger partial charge is 0.325 e. The first kappa shape index (κ1) is 25.1. The van der Waals surface area contributed by atoms with Crippen LogP contribution in [0.2, 0.25) is 0 Å². The summed E-state index contributed by atoms with van der Waals surface area (Å²) in [4.78, 5) is 34.3. The van der Waals surface area contributed by atoms with Crippen molar-refractivity contribution in [1.82, 2.24) is 14.5 Å². The Morgan fingerprint density at radius 2 is 1.52 bits per heavy atom. The second-order valence-corrected chi connectivity index (χ2v) is 9.42. The van der Waals surface area contributed by atoms with Crippen LogP contribution >= 0.6 is 0 Å². The summed E-state index contributed by atoms with van der Waals surface area (Å²) in [5.74, 6) is -0.698. The Morgan fingerprint density at radius 1 is 0.800 bits per heavy atom. The van der Waals surface area contributed by atoms with Crippen molar-refractivity contribution in [3.63, 3.8) is 0 Å². The zero-order chi connectivity index (χ0) is 27.8. The van der Waals surface area contributed by atoms with Crippen molar-refractivity contribution in [2.45, 2.75) is 13.5 Å². The van der Waals surface area contributed by atoms with Gasteiger partial charge < -0.3 is 9.88 Å². The van der Waals surface area contributed by atoms with Crippen LogP contribution in [0.25, 0.3) is 44.6 Å². The highest BCUT2D eigenvalue weighted by molar-refractivity contribution is 5.99. The van der Waals surface area contributed by atoms with E-state index in [1.54, 1.807) is 53.1 Å². The summed E-state index contributed by atoms with van der Waals surface area (Å²) in [5, 5.41) is 3.40. The predicted octanol–water partition coefficient (Wildman–Crippen LogP) is 7.04. The zero-order valence-electron chi connectivity index (χ0n) is 21.4. The first-order chi connectivity index (χ1) is 19.4. The maximum absolute atomic E-state index is 14.5. The van der Waals surface area contributed by atoms with Gasteiger partial charge in [-0.3, -0.25) is 9.59 Å². The summed E-state index contributed by atoms with van der Waals surface area (Å²) >= 11 is 0. The second kappa shape index (κ2) is 10.1. The van der Waals surface area contributed by atoms with E-state index in [1.165, 1.54) is 31.2 Å². The quantitative estimate of drug-likeness (QED) is 0.234. The van der Waals surface area contributed by atoms with Gasteiger partial charge in [-0.25, -0.2) is 18.7 Å². The molecule has 0 spiro atoms. The van der Waals surface area contributed by atoms with Crippen LogP contribution in [0.15, 0.2) is 97.1 Å². The summed E-state index contributed by atoms with van der Waals surface area (Å²) in [6, 6.07) is 26.2. The topological polar surface area (TPSA) is 76.9 Å². The molecular weight excluding hydrogens is 510 g/mol. The number of hydrogen-bond acceptors (Lipinski definition) is 4. The number of nitrogens with one attached hydrogen (secondary N) is 1. The number of imidazole rings is 1. The number of hydrogen-bond donors (Lipinski definition) is 1. The van der Waals surface area contributed by atoms with Gasteiger partial charge in [0.15, 0.2) is 5.78 Å². The van der Waals surface area contributed by atoms with Crippen LogP contribution < -0.4 is 5.32 Å². The van der Waals surface area contributed by atoms with Crippen LogP contribution in [0, 0.1) is 11.6 Å². The molecule has 40 heavy (non-hydrogen) atoms. The van der Waals surface area contributed by atoms with E-state index in [9.17, 15) is 18.4 Å². The van der Waals surface area contributed by atoms with Crippen molar-refractivity contribution in [3.8, 4) is 22.6 Å². The number of nitrogens with zero attached hydrogens (tertiary/aromatic N) is 3. The van der Waals surface area contributed by atoms with E-state index in [0.717, 1.165) is 5.52 Å². The maximum Gasteiger partial charge on any atom is 0.244 e. The molecule has 2 heterocycles. The Bertz CT molecular complexity index is 1910.